The topological polar surface area (TPSA) is 76.5 Å². The number of rotatable bonds is 4. The maximum absolute atomic E-state index is 13.6. The van der Waals surface area contributed by atoms with Gasteiger partial charge in [-0.2, -0.15) is 5.10 Å². The SMILES string of the molecule is Cn1nccc1N1CC(CNC(=O)c2ccc(F)c(F)c2F)OC1=O. The molecule has 2 aromatic rings. The molecule has 25 heavy (non-hydrogen) atoms. The number of aryl methyl sites for hydroxylation is 1. The quantitative estimate of drug-likeness (QED) is 0.846. The van der Waals surface area contributed by atoms with Crippen LogP contribution in [-0.2, 0) is 11.8 Å². The first kappa shape index (κ1) is 16.8. The van der Waals surface area contributed by atoms with Crippen LogP contribution in [0.1, 0.15) is 10.4 Å². The predicted molar refractivity (Wildman–Crippen MR) is 79.5 cm³/mol. The summed E-state index contributed by atoms with van der Waals surface area (Å²) in [6.07, 6.45) is 0.227. The van der Waals surface area contributed by atoms with Crippen molar-refractivity contribution < 1.29 is 27.5 Å². The van der Waals surface area contributed by atoms with Crippen LogP contribution < -0.4 is 10.2 Å². The van der Waals surface area contributed by atoms with Crippen molar-refractivity contribution in [2.24, 2.45) is 7.05 Å². The number of cyclic esters (lactones) is 1. The number of benzene rings is 1. The molecule has 0 spiro atoms. The molecule has 1 aliphatic rings. The van der Waals surface area contributed by atoms with E-state index in [1.54, 1.807) is 13.1 Å². The first-order valence-corrected chi connectivity index (χ1v) is 7.26. The Hall–Kier alpha value is -3.04. The molecule has 2 amide bonds. The van der Waals surface area contributed by atoms with E-state index in [0.717, 1.165) is 6.07 Å². The number of amides is 2. The van der Waals surface area contributed by atoms with Gasteiger partial charge in [0.05, 0.1) is 24.8 Å². The Kier molecular flexibility index (Phi) is 4.34. The number of halogens is 3. The Bertz CT molecular complexity index is 839. The van der Waals surface area contributed by atoms with Crippen molar-refractivity contribution in [1.29, 1.82) is 0 Å². The summed E-state index contributed by atoms with van der Waals surface area (Å²) < 4.78 is 46.3. The zero-order valence-electron chi connectivity index (χ0n) is 13.0. The van der Waals surface area contributed by atoms with Crippen LogP contribution in [-0.4, -0.2) is 41.0 Å². The largest absolute Gasteiger partial charge is 0.442 e. The minimum absolute atomic E-state index is 0.114. The highest BCUT2D eigenvalue weighted by Crippen LogP contribution is 2.20. The fourth-order valence-electron chi connectivity index (χ4n) is 2.45. The van der Waals surface area contributed by atoms with Crippen LogP contribution in [0.15, 0.2) is 24.4 Å². The molecule has 0 saturated carbocycles. The molecule has 1 N–H and O–H groups in total. The standard InChI is InChI=1S/C15H13F3N4O3/c1-21-11(4-5-20-21)22-7-8(25-15(22)24)6-19-14(23)9-2-3-10(16)13(18)12(9)17/h2-5,8H,6-7H2,1H3,(H,19,23). The third kappa shape index (κ3) is 3.14. The van der Waals surface area contributed by atoms with Crippen molar-refractivity contribution in [2.45, 2.75) is 6.10 Å². The van der Waals surface area contributed by atoms with Crippen LogP contribution in [0.3, 0.4) is 0 Å². The minimum Gasteiger partial charge on any atom is -0.442 e. The molecule has 1 unspecified atom stereocenters. The molecule has 1 fully saturated rings. The van der Waals surface area contributed by atoms with E-state index in [0.29, 0.717) is 11.9 Å². The lowest BCUT2D eigenvalue weighted by Crippen LogP contribution is -2.35. The molecule has 0 aliphatic carbocycles. The number of hydrogen-bond donors (Lipinski definition) is 1. The predicted octanol–water partition coefficient (Wildman–Crippen LogP) is 1.59. The van der Waals surface area contributed by atoms with Gasteiger partial charge in [0.2, 0.25) is 0 Å². The van der Waals surface area contributed by atoms with Gasteiger partial charge in [-0.3, -0.25) is 14.4 Å². The number of carbonyl (C=O) groups excluding carboxylic acids is 2. The summed E-state index contributed by atoms with van der Waals surface area (Å²) in [6.45, 7) is 0.0380. The maximum atomic E-state index is 13.6. The summed E-state index contributed by atoms with van der Waals surface area (Å²) in [5.74, 6) is -5.10. The Morgan fingerprint density at radius 1 is 1.32 bits per heavy atom. The summed E-state index contributed by atoms with van der Waals surface area (Å²) in [6, 6.07) is 3.12. The molecule has 3 rings (SSSR count). The smallest absolute Gasteiger partial charge is 0.416 e. The van der Waals surface area contributed by atoms with E-state index in [2.05, 4.69) is 10.4 Å². The Morgan fingerprint density at radius 3 is 2.76 bits per heavy atom. The van der Waals surface area contributed by atoms with Crippen molar-refractivity contribution in [2.75, 3.05) is 18.0 Å². The van der Waals surface area contributed by atoms with Gasteiger partial charge in [-0.25, -0.2) is 18.0 Å². The molecule has 0 bridgehead atoms. The van der Waals surface area contributed by atoms with E-state index in [1.165, 1.54) is 15.8 Å². The van der Waals surface area contributed by atoms with Crippen molar-refractivity contribution in [3.63, 3.8) is 0 Å². The Morgan fingerprint density at radius 2 is 2.08 bits per heavy atom. The average molecular weight is 354 g/mol. The van der Waals surface area contributed by atoms with Gasteiger partial charge in [0.25, 0.3) is 5.91 Å². The number of anilines is 1. The number of nitrogens with zero attached hydrogens (tertiary/aromatic N) is 3. The number of nitrogens with one attached hydrogen (secondary N) is 1. The van der Waals surface area contributed by atoms with Gasteiger partial charge in [0.1, 0.15) is 11.9 Å². The van der Waals surface area contributed by atoms with Crippen molar-refractivity contribution in [1.82, 2.24) is 15.1 Å². The van der Waals surface area contributed by atoms with Crippen LogP contribution in [0, 0.1) is 17.5 Å². The molecule has 0 radical (unpaired) electrons. The van der Waals surface area contributed by atoms with E-state index in [4.69, 9.17) is 4.74 Å². The molecule has 1 saturated heterocycles. The molecule has 1 aromatic heterocycles. The summed E-state index contributed by atoms with van der Waals surface area (Å²) in [5.41, 5.74) is -0.633. The third-order valence-corrected chi connectivity index (χ3v) is 3.72. The average Bonchev–Trinajstić information content (AvgIpc) is 3.15. The van der Waals surface area contributed by atoms with Gasteiger partial charge in [0.15, 0.2) is 17.5 Å². The molecular formula is C15H13F3N4O3. The van der Waals surface area contributed by atoms with Gasteiger partial charge in [-0.1, -0.05) is 0 Å². The van der Waals surface area contributed by atoms with E-state index >= 15 is 0 Å². The van der Waals surface area contributed by atoms with Crippen LogP contribution in [0.5, 0.6) is 0 Å². The summed E-state index contributed by atoms with van der Waals surface area (Å²) in [4.78, 5) is 25.1. The second-order valence-corrected chi connectivity index (χ2v) is 5.36. The summed E-state index contributed by atoms with van der Waals surface area (Å²) >= 11 is 0. The Labute approximate surface area is 140 Å². The molecule has 132 valence electrons. The van der Waals surface area contributed by atoms with Crippen LogP contribution in [0.25, 0.3) is 0 Å². The lowest BCUT2D eigenvalue weighted by molar-refractivity contribution is 0.0911. The second-order valence-electron chi connectivity index (χ2n) is 5.36. The maximum Gasteiger partial charge on any atom is 0.416 e. The first-order valence-electron chi connectivity index (χ1n) is 7.26. The van der Waals surface area contributed by atoms with Crippen molar-refractivity contribution in [3.05, 3.63) is 47.4 Å². The highest BCUT2D eigenvalue weighted by molar-refractivity contribution is 5.94. The Balaban J connectivity index is 1.63. The van der Waals surface area contributed by atoms with Crippen LogP contribution in [0.2, 0.25) is 0 Å². The molecule has 1 aromatic carbocycles. The van der Waals surface area contributed by atoms with Gasteiger partial charge < -0.3 is 10.1 Å². The fourth-order valence-corrected chi connectivity index (χ4v) is 2.45. The second kappa shape index (κ2) is 6.46. The monoisotopic (exact) mass is 354 g/mol. The van der Waals surface area contributed by atoms with E-state index in [1.807, 2.05) is 0 Å². The third-order valence-electron chi connectivity index (χ3n) is 3.72. The van der Waals surface area contributed by atoms with Crippen LogP contribution >= 0.6 is 0 Å². The zero-order valence-corrected chi connectivity index (χ0v) is 13.0. The van der Waals surface area contributed by atoms with E-state index in [-0.39, 0.29) is 13.1 Å². The summed E-state index contributed by atoms with van der Waals surface area (Å²) in [5, 5.41) is 6.28. The number of carbonyl (C=O) groups is 2. The highest BCUT2D eigenvalue weighted by atomic mass is 19.2. The molecule has 7 nitrogen and oxygen atoms in total. The van der Waals surface area contributed by atoms with Gasteiger partial charge in [-0.15, -0.1) is 0 Å². The molecular weight excluding hydrogens is 341 g/mol. The lowest BCUT2D eigenvalue weighted by atomic mass is 10.2. The van der Waals surface area contributed by atoms with Gasteiger partial charge in [0, 0.05) is 13.1 Å². The van der Waals surface area contributed by atoms with Gasteiger partial charge >= 0.3 is 6.09 Å². The number of ether oxygens (including phenoxy) is 1. The number of aromatic nitrogens is 2. The minimum atomic E-state index is -1.72. The summed E-state index contributed by atoms with van der Waals surface area (Å²) in [7, 11) is 1.66. The normalized spacial score (nSPS) is 16.9. The van der Waals surface area contributed by atoms with E-state index in [9.17, 15) is 22.8 Å². The van der Waals surface area contributed by atoms with Crippen molar-refractivity contribution >= 4 is 17.8 Å². The molecule has 10 heteroatoms. The lowest BCUT2D eigenvalue weighted by Gasteiger charge is -2.13. The molecule has 1 atom stereocenters. The first-order chi connectivity index (χ1) is 11.9. The fraction of sp³-hybridized carbons (Fsp3) is 0.267. The van der Waals surface area contributed by atoms with E-state index < -0.39 is 41.1 Å². The van der Waals surface area contributed by atoms with Gasteiger partial charge in [-0.05, 0) is 12.1 Å². The number of hydrogen-bond acceptors (Lipinski definition) is 4. The zero-order chi connectivity index (χ0) is 18.1. The van der Waals surface area contributed by atoms with Crippen LogP contribution in [0.4, 0.5) is 23.8 Å². The highest BCUT2D eigenvalue weighted by Gasteiger charge is 2.34. The molecule has 2 heterocycles. The van der Waals surface area contributed by atoms with Crippen molar-refractivity contribution in [3.8, 4) is 0 Å². The molecule has 1 aliphatic heterocycles.